The molecule has 20 aromatic rings. The normalized spacial score (nSPS) is 12.3. The summed E-state index contributed by atoms with van der Waals surface area (Å²) < 4.78 is 31.0. The number of carbonyl (C=O) groups is 1. The monoisotopic (exact) mass is 1980 g/mol. The van der Waals surface area contributed by atoms with Crippen molar-refractivity contribution < 1.29 is 23.4 Å². The van der Waals surface area contributed by atoms with Crippen molar-refractivity contribution in [3.63, 3.8) is 0 Å². The second-order valence-corrected chi connectivity index (χ2v) is 36.3. The highest BCUT2D eigenvalue weighted by molar-refractivity contribution is 7.99. The van der Waals surface area contributed by atoms with E-state index in [1.54, 1.807) is 104 Å². The van der Waals surface area contributed by atoms with Crippen molar-refractivity contribution in [2.45, 2.75) is 89.9 Å². The van der Waals surface area contributed by atoms with E-state index in [9.17, 15) is 9.18 Å². The van der Waals surface area contributed by atoms with Crippen molar-refractivity contribution >= 4 is 147 Å². The quantitative estimate of drug-likeness (QED) is 0.0220. The Labute approximate surface area is 844 Å². The van der Waals surface area contributed by atoms with Crippen LogP contribution in [0.1, 0.15) is 78.6 Å². The maximum absolute atomic E-state index is 13.5. The molecule has 1 aliphatic heterocycles. The first-order valence-corrected chi connectivity index (χ1v) is 49.1. The van der Waals surface area contributed by atoms with E-state index in [-0.39, 0.29) is 17.7 Å². The molecule has 0 unspecified atom stereocenters. The van der Waals surface area contributed by atoms with E-state index >= 15 is 0 Å². The van der Waals surface area contributed by atoms with Gasteiger partial charge < -0.3 is 44.0 Å². The maximum atomic E-state index is 13.5. The molecule has 12 heterocycles. The average Bonchev–Trinajstić information content (AvgIpc) is 1.77. The van der Waals surface area contributed by atoms with Gasteiger partial charge in [0.15, 0.2) is 34.2 Å². The van der Waals surface area contributed by atoms with E-state index in [1.165, 1.54) is 48.7 Å². The fraction of sp³-hybridized carbons (Fsp3) is 0.217. The lowest BCUT2D eigenvalue weighted by atomic mass is 10.1. The molecule has 0 spiro atoms. The molecule has 2 fully saturated rings. The number of nitrogens with zero attached hydrogens (tertiary/aromatic N) is 26. The molecule has 0 radical (unpaired) electrons. The number of anilines is 11. The van der Waals surface area contributed by atoms with Gasteiger partial charge in [-0.15, -0.1) is 11.3 Å². The van der Waals surface area contributed by atoms with E-state index in [1.807, 2.05) is 239 Å². The molecule has 9 aromatic carbocycles. The third-order valence-corrected chi connectivity index (χ3v) is 25.4. The van der Waals surface area contributed by atoms with Crippen molar-refractivity contribution in [2.75, 3.05) is 126 Å². The molecular weight excluding hydrogens is 1870 g/mol. The first-order valence-electron chi connectivity index (χ1n) is 47.4. The number of piperazine rings is 1. The minimum atomic E-state index is -0.234. The Bertz CT molecular complexity index is 7770. The number of amides is 1. The van der Waals surface area contributed by atoms with Crippen LogP contribution in [0, 0.1) is 26.6 Å². The second kappa shape index (κ2) is 46.5. The number of rotatable bonds is 31. The molecule has 1 saturated carbocycles. The lowest BCUT2D eigenvalue weighted by Crippen LogP contribution is -2.45. The van der Waals surface area contributed by atoms with Crippen molar-refractivity contribution in [1.82, 2.24) is 109 Å². The molecule has 0 atom stereocenters. The number of likely N-dealkylation sites (N-methyl/N-ethyl adjacent to an activating group) is 2. The number of hydrogen-bond acceptors (Lipinski definition) is 32. The summed E-state index contributed by atoms with van der Waals surface area (Å²) in [5, 5.41) is 28.8. The highest BCUT2D eigenvalue weighted by atomic mass is 32.2. The van der Waals surface area contributed by atoms with Crippen molar-refractivity contribution in [3.8, 4) is 17.5 Å². The number of ether oxygens (including phenoxy) is 3. The van der Waals surface area contributed by atoms with Gasteiger partial charge in [0.05, 0.1) is 101 Å². The number of benzene rings is 9. The summed E-state index contributed by atoms with van der Waals surface area (Å²) in [4.78, 5) is 83.0. The summed E-state index contributed by atoms with van der Waals surface area (Å²) in [7, 11) is 7.46. The lowest BCUT2D eigenvalue weighted by molar-refractivity contribution is -0.114. The van der Waals surface area contributed by atoms with Crippen LogP contribution >= 0.6 is 23.1 Å². The Kier molecular flexibility index (Phi) is 31.4. The summed E-state index contributed by atoms with van der Waals surface area (Å²) in [6, 6.07) is 73.9. The molecule has 11 aromatic heterocycles. The molecule has 22 rings (SSSR count). The van der Waals surface area contributed by atoms with E-state index < -0.39 is 0 Å². The van der Waals surface area contributed by atoms with Crippen LogP contribution < -0.4 is 61.5 Å². The molecule has 1 aliphatic carbocycles. The van der Waals surface area contributed by atoms with Crippen molar-refractivity contribution in [3.05, 3.63) is 337 Å². The zero-order valence-electron chi connectivity index (χ0n) is 81.7. The van der Waals surface area contributed by atoms with Gasteiger partial charge in [-0.1, -0.05) is 103 Å². The molecule has 1 saturated heterocycles. The number of fused-ring (bicyclic) bond motifs is 5. The predicted octanol–water partition coefficient (Wildman–Crippen LogP) is 19.6. The molecule has 6 N–H and O–H groups in total. The molecule has 736 valence electrons. The van der Waals surface area contributed by atoms with Gasteiger partial charge in [0.25, 0.3) is 0 Å². The number of thiazole rings is 1. The average molecular weight is 1980 g/mol. The van der Waals surface area contributed by atoms with Crippen LogP contribution in [0.2, 0.25) is 0 Å². The van der Waals surface area contributed by atoms with Gasteiger partial charge in [-0.05, 0) is 222 Å². The number of aromatic nitrogens is 21. The third kappa shape index (κ3) is 25.6. The molecule has 145 heavy (non-hydrogen) atoms. The SMILES string of the molecule is CC(=O)Nc1ccc(Oc2nc(Nn3cc(C)cn3)c3ccccc3n2)cc1.CCN(CCc1ccccc1)c1nc(Nn2cccn2)c2ccccc2n1.CCN(Cc1cccc(F)c1)c1nc(C)c(C)c(Nn2cc(C3CC3)cn2)n1.CN1CCN(c2cc(Nn3ncc4ccccc43)nc(N(C)c3ccc4ncsc4c3)n2)CC1.COCc1cnn(Nc2nc(Sc3cccc(OC)c3)nc3ccccc23)c1. The summed E-state index contributed by atoms with van der Waals surface area (Å²) in [6.45, 7) is 18.9. The van der Waals surface area contributed by atoms with Crippen LogP contribution in [0.15, 0.2) is 302 Å². The van der Waals surface area contributed by atoms with Gasteiger partial charge in [-0.3, -0.25) is 31.9 Å². The maximum Gasteiger partial charge on any atom is 0.324 e. The van der Waals surface area contributed by atoms with E-state index in [0.29, 0.717) is 71.6 Å². The zero-order valence-corrected chi connectivity index (χ0v) is 83.4. The van der Waals surface area contributed by atoms with E-state index in [2.05, 4.69) is 148 Å². The van der Waals surface area contributed by atoms with Crippen LogP contribution in [0.4, 0.5) is 68.5 Å². The Morgan fingerprint density at radius 3 is 1.92 bits per heavy atom. The standard InChI is InChI=1S/C24H25N9S.C21H25FN6.C21H22N6.C20H18N6O2.C20H19N5O2S/c1-30-9-11-32(12-10-30)23-14-22(29-33-20-6-4-3-5-17(20)15-26-33)27-24(28-23)31(2)18-7-8-19-21(13-18)34-16-25-19;1-4-27(12-16-6-5-7-19(22)10-16)21-24-15(3)14(2)20(25-21)26-28-13-18(11-23-28)17-8-9-17;1-2-26(16-13-17-9-4-3-5-10-17)21-23-19-12-7-6-11-18(19)20(24-21)25-27-15-8-14-22-27;1-13-11-21-26(12-13)25-19-17-5-3-4-6-18(17)23-20(24-19)28-16-9-7-15(8-10-16)22-14(2)27;1-26-13-14-11-21-25(12-14)24-19-17-8-3-4-9-18(17)22-20(23-19)28-16-7-5-6-15(10-16)27-2/h3-8,13-16H,9-12H2,1-2H3,(H,27,28,29);5-7,10-11,13,17H,4,8-9,12H2,1-3H3,(H,24,25,26);3-12,14-15H,2,13,16H2,1H3,(H,23,24,25);3-12H,1-2H3,(H,22,27)(H,23,24,25);3-12H,13H2,1-2H3,(H,22,23,24). The lowest BCUT2D eigenvalue weighted by Gasteiger charge is -2.33. The van der Waals surface area contributed by atoms with Gasteiger partial charge in [0.1, 0.15) is 23.1 Å². The predicted molar refractivity (Wildman–Crippen MR) is 570 cm³/mol. The minimum absolute atomic E-state index is 0.129. The first-order chi connectivity index (χ1) is 70.8. The minimum Gasteiger partial charge on any atom is -0.497 e. The summed E-state index contributed by atoms with van der Waals surface area (Å²) >= 11 is 3.11. The van der Waals surface area contributed by atoms with E-state index in [4.69, 9.17) is 44.1 Å². The van der Waals surface area contributed by atoms with Gasteiger partial charge in [0.2, 0.25) is 23.8 Å². The topological polar surface area (TPSA) is 364 Å². The summed E-state index contributed by atoms with van der Waals surface area (Å²) in [5.41, 5.74) is 31.7. The number of methoxy groups -OCH3 is 2. The fourth-order valence-electron chi connectivity index (χ4n) is 15.8. The summed E-state index contributed by atoms with van der Waals surface area (Å²) in [6.07, 6.45) is 20.0. The Hall–Kier alpha value is -17.2. The molecular formula is C106H109FN32O4S2. The molecule has 2 aliphatic rings. The van der Waals surface area contributed by atoms with Crippen LogP contribution in [0.5, 0.6) is 17.5 Å². The van der Waals surface area contributed by atoms with Crippen LogP contribution in [0.25, 0.3) is 53.8 Å². The number of aryl methyl sites for hydroxylation is 2. The van der Waals surface area contributed by atoms with Crippen molar-refractivity contribution in [2.24, 2.45) is 0 Å². The third-order valence-electron chi connectivity index (χ3n) is 23.8. The van der Waals surface area contributed by atoms with Crippen LogP contribution in [-0.2, 0) is 29.1 Å². The zero-order chi connectivity index (χ0) is 100. The highest BCUT2D eigenvalue weighted by Crippen LogP contribution is 2.40. The second-order valence-electron chi connectivity index (χ2n) is 34.3. The number of hydrogen-bond donors (Lipinski definition) is 6. The van der Waals surface area contributed by atoms with Gasteiger partial charge in [-0.2, -0.15) is 79.4 Å². The Balaban J connectivity index is 0.000000119. The first kappa shape index (κ1) is 98.0. The fourth-order valence-corrected chi connectivity index (χ4v) is 17.3. The molecule has 39 heteroatoms. The van der Waals surface area contributed by atoms with Crippen LogP contribution in [0.3, 0.4) is 0 Å². The number of halogens is 1. The number of carbonyl (C=O) groups excluding carboxylic acids is 1. The van der Waals surface area contributed by atoms with E-state index in [0.717, 1.165) is 167 Å². The Morgan fingerprint density at radius 2 is 1.20 bits per heavy atom. The molecule has 0 bridgehead atoms. The smallest absolute Gasteiger partial charge is 0.324 e. The number of nitrogens with one attached hydrogen (secondary N) is 6. The highest BCUT2D eigenvalue weighted by Gasteiger charge is 2.27. The van der Waals surface area contributed by atoms with Crippen molar-refractivity contribution in [1.29, 1.82) is 0 Å². The molecule has 36 nitrogen and oxygen atoms in total. The number of para-hydroxylation sites is 4. The van der Waals surface area contributed by atoms with Gasteiger partial charge in [0, 0.05) is 140 Å². The van der Waals surface area contributed by atoms with Gasteiger partial charge in [-0.25, -0.2) is 29.3 Å². The Morgan fingerprint density at radius 1 is 0.538 bits per heavy atom. The summed E-state index contributed by atoms with van der Waals surface area (Å²) in [5.74, 6) is 7.95. The largest absolute Gasteiger partial charge is 0.497 e. The van der Waals surface area contributed by atoms with Gasteiger partial charge >= 0.3 is 6.01 Å². The molecule has 1 amide bonds. The van der Waals surface area contributed by atoms with Crippen LogP contribution in [-0.4, -0.2) is 189 Å².